The van der Waals surface area contributed by atoms with Gasteiger partial charge in [0.15, 0.2) is 0 Å². The Balaban J connectivity index is 2.59. The van der Waals surface area contributed by atoms with Crippen LogP contribution in [0.4, 0.5) is 0 Å². The van der Waals surface area contributed by atoms with Gasteiger partial charge < -0.3 is 4.90 Å². The smallest absolute Gasteiger partial charge is 0.223 e. The summed E-state index contributed by atoms with van der Waals surface area (Å²) in [7, 11) is 1.78. The summed E-state index contributed by atoms with van der Waals surface area (Å²) in [5.41, 5.74) is 1.67. The fourth-order valence-electron chi connectivity index (χ4n) is 1.32. The Morgan fingerprint density at radius 2 is 2.06 bits per heavy atom. The molecule has 0 radical (unpaired) electrons. The Labute approximate surface area is 104 Å². The van der Waals surface area contributed by atoms with Crippen molar-refractivity contribution in [2.24, 2.45) is 0 Å². The maximum atomic E-state index is 11.5. The molecule has 0 aliphatic heterocycles. The summed E-state index contributed by atoms with van der Waals surface area (Å²) in [6, 6.07) is 9.33. The summed E-state index contributed by atoms with van der Waals surface area (Å²) in [5, 5.41) is 9.33. The molecule has 1 aromatic carbocycles. The second-order valence-electron chi connectivity index (χ2n) is 3.50. The van der Waals surface area contributed by atoms with E-state index in [-0.39, 0.29) is 5.91 Å². The summed E-state index contributed by atoms with van der Waals surface area (Å²) >= 11 is 3.24. The number of hydrogen-bond donors (Lipinski definition) is 0. The average Bonchev–Trinajstić information content (AvgIpc) is 2.30. The standard InChI is InChI=1S/C12H13BrN2O/c1-15(12(16)6-7-13)9-11-4-2-10(8-14)3-5-11/h2-5H,6-7,9H2,1H3. The third kappa shape index (κ3) is 3.67. The number of rotatable bonds is 4. The summed E-state index contributed by atoms with van der Waals surface area (Å²) < 4.78 is 0. The molecule has 4 heteroatoms. The molecule has 0 aromatic heterocycles. The highest BCUT2D eigenvalue weighted by molar-refractivity contribution is 9.09. The molecule has 16 heavy (non-hydrogen) atoms. The maximum absolute atomic E-state index is 11.5. The van der Waals surface area contributed by atoms with Crippen LogP contribution < -0.4 is 0 Å². The Morgan fingerprint density at radius 1 is 1.44 bits per heavy atom. The van der Waals surface area contributed by atoms with Gasteiger partial charge in [-0.25, -0.2) is 0 Å². The second-order valence-corrected chi connectivity index (χ2v) is 4.29. The molecule has 0 saturated carbocycles. The number of nitrogens with zero attached hydrogens (tertiary/aromatic N) is 2. The minimum Gasteiger partial charge on any atom is -0.341 e. The van der Waals surface area contributed by atoms with E-state index in [0.29, 0.717) is 23.9 Å². The van der Waals surface area contributed by atoms with Gasteiger partial charge in [-0.1, -0.05) is 28.1 Å². The largest absolute Gasteiger partial charge is 0.341 e. The van der Waals surface area contributed by atoms with Crippen molar-refractivity contribution in [1.29, 1.82) is 5.26 Å². The highest BCUT2D eigenvalue weighted by Gasteiger charge is 2.07. The van der Waals surface area contributed by atoms with Gasteiger partial charge in [0.25, 0.3) is 0 Å². The topological polar surface area (TPSA) is 44.1 Å². The molecule has 84 valence electrons. The minimum absolute atomic E-state index is 0.112. The van der Waals surface area contributed by atoms with Gasteiger partial charge in [-0.3, -0.25) is 4.79 Å². The molecule has 0 saturated heterocycles. The first kappa shape index (κ1) is 12.7. The van der Waals surface area contributed by atoms with E-state index >= 15 is 0 Å². The lowest BCUT2D eigenvalue weighted by Gasteiger charge is -2.16. The van der Waals surface area contributed by atoms with Gasteiger partial charge in [0, 0.05) is 25.3 Å². The number of benzene rings is 1. The summed E-state index contributed by atoms with van der Waals surface area (Å²) in [6.45, 7) is 0.581. The van der Waals surface area contributed by atoms with E-state index in [1.54, 1.807) is 24.1 Å². The lowest BCUT2D eigenvalue weighted by Crippen LogP contribution is -2.26. The molecule has 0 N–H and O–H groups in total. The van der Waals surface area contributed by atoms with Gasteiger partial charge in [-0.05, 0) is 17.7 Å². The highest BCUT2D eigenvalue weighted by atomic mass is 79.9. The first-order chi connectivity index (χ1) is 7.67. The molecule has 0 heterocycles. The number of carbonyl (C=O) groups is 1. The number of alkyl halides is 1. The fraction of sp³-hybridized carbons (Fsp3) is 0.333. The van der Waals surface area contributed by atoms with E-state index in [1.165, 1.54) is 0 Å². The van der Waals surface area contributed by atoms with Crippen LogP contribution in [0, 0.1) is 11.3 Å². The van der Waals surface area contributed by atoms with Gasteiger partial charge in [0.2, 0.25) is 5.91 Å². The van der Waals surface area contributed by atoms with E-state index in [0.717, 1.165) is 5.56 Å². The van der Waals surface area contributed by atoms with Crippen LogP contribution in [0.15, 0.2) is 24.3 Å². The predicted molar refractivity (Wildman–Crippen MR) is 66.0 cm³/mol. The minimum atomic E-state index is 0.112. The van der Waals surface area contributed by atoms with Gasteiger partial charge in [0.1, 0.15) is 0 Å². The molecular weight excluding hydrogens is 268 g/mol. The molecule has 0 fully saturated rings. The quantitative estimate of drug-likeness (QED) is 0.795. The van der Waals surface area contributed by atoms with Gasteiger partial charge in [-0.2, -0.15) is 5.26 Å². The molecule has 0 aliphatic rings. The molecular formula is C12H13BrN2O. The molecule has 1 amide bonds. The van der Waals surface area contributed by atoms with Crippen molar-refractivity contribution in [3.05, 3.63) is 35.4 Å². The lowest BCUT2D eigenvalue weighted by molar-refractivity contribution is -0.129. The van der Waals surface area contributed by atoms with Crippen LogP contribution in [-0.2, 0) is 11.3 Å². The summed E-state index contributed by atoms with van der Waals surface area (Å²) in [6.07, 6.45) is 0.507. The zero-order valence-corrected chi connectivity index (χ0v) is 10.7. The van der Waals surface area contributed by atoms with Crippen LogP contribution in [-0.4, -0.2) is 23.2 Å². The summed E-state index contributed by atoms with van der Waals surface area (Å²) in [5.74, 6) is 0.112. The van der Waals surface area contributed by atoms with Crippen molar-refractivity contribution >= 4 is 21.8 Å². The third-order valence-electron chi connectivity index (χ3n) is 2.24. The van der Waals surface area contributed by atoms with Crippen molar-refractivity contribution in [2.75, 3.05) is 12.4 Å². The van der Waals surface area contributed by atoms with E-state index in [4.69, 9.17) is 5.26 Å². The van der Waals surface area contributed by atoms with E-state index in [9.17, 15) is 4.79 Å². The Hall–Kier alpha value is -1.34. The number of nitriles is 1. The molecule has 0 spiro atoms. The normalized spacial score (nSPS) is 9.56. The van der Waals surface area contributed by atoms with E-state index in [2.05, 4.69) is 22.0 Å². The number of hydrogen-bond acceptors (Lipinski definition) is 2. The van der Waals surface area contributed by atoms with Crippen molar-refractivity contribution in [3.63, 3.8) is 0 Å². The second kappa shape index (κ2) is 6.29. The van der Waals surface area contributed by atoms with Crippen molar-refractivity contribution in [2.45, 2.75) is 13.0 Å². The van der Waals surface area contributed by atoms with Gasteiger partial charge >= 0.3 is 0 Å². The lowest BCUT2D eigenvalue weighted by atomic mass is 10.1. The molecule has 1 rings (SSSR count). The average molecular weight is 281 g/mol. The number of amides is 1. The van der Waals surface area contributed by atoms with E-state index in [1.807, 2.05) is 12.1 Å². The summed E-state index contributed by atoms with van der Waals surface area (Å²) in [4.78, 5) is 13.2. The predicted octanol–water partition coefficient (Wildman–Crippen LogP) is 2.30. The molecule has 1 aromatic rings. The molecule has 3 nitrogen and oxygen atoms in total. The zero-order valence-electron chi connectivity index (χ0n) is 9.11. The SMILES string of the molecule is CN(Cc1ccc(C#N)cc1)C(=O)CCBr. The number of halogens is 1. The Kier molecular flexibility index (Phi) is 5.00. The van der Waals surface area contributed by atoms with Crippen molar-refractivity contribution in [3.8, 4) is 6.07 Å². The Morgan fingerprint density at radius 3 is 2.56 bits per heavy atom. The van der Waals surface area contributed by atoms with Crippen LogP contribution in [0.3, 0.4) is 0 Å². The van der Waals surface area contributed by atoms with Crippen LogP contribution in [0.2, 0.25) is 0 Å². The first-order valence-corrected chi connectivity index (χ1v) is 6.08. The number of carbonyl (C=O) groups excluding carboxylic acids is 1. The maximum Gasteiger partial charge on any atom is 0.223 e. The van der Waals surface area contributed by atoms with Crippen molar-refractivity contribution in [1.82, 2.24) is 4.90 Å². The zero-order chi connectivity index (χ0) is 12.0. The molecule has 0 unspecified atom stereocenters. The first-order valence-electron chi connectivity index (χ1n) is 4.96. The monoisotopic (exact) mass is 280 g/mol. The van der Waals surface area contributed by atoms with Crippen molar-refractivity contribution < 1.29 is 4.79 Å². The molecule has 0 bridgehead atoms. The van der Waals surface area contributed by atoms with Crippen LogP contribution >= 0.6 is 15.9 Å². The highest BCUT2D eigenvalue weighted by Crippen LogP contribution is 2.07. The van der Waals surface area contributed by atoms with Gasteiger partial charge in [0.05, 0.1) is 11.6 Å². The van der Waals surface area contributed by atoms with Crippen LogP contribution in [0.5, 0.6) is 0 Å². The Bertz CT molecular complexity index is 394. The van der Waals surface area contributed by atoms with Crippen LogP contribution in [0.1, 0.15) is 17.5 Å². The van der Waals surface area contributed by atoms with Crippen LogP contribution in [0.25, 0.3) is 0 Å². The molecule has 0 aliphatic carbocycles. The fourth-order valence-corrected chi connectivity index (χ4v) is 1.66. The van der Waals surface area contributed by atoms with E-state index < -0.39 is 0 Å². The molecule has 0 atom stereocenters. The van der Waals surface area contributed by atoms with Gasteiger partial charge in [-0.15, -0.1) is 0 Å². The third-order valence-corrected chi connectivity index (χ3v) is 2.63.